The van der Waals surface area contributed by atoms with Gasteiger partial charge in [0.15, 0.2) is 0 Å². The topological polar surface area (TPSA) is 50.7 Å². The molecule has 0 aliphatic heterocycles. The van der Waals surface area contributed by atoms with E-state index in [2.05, 4.69) is 31.3 Å². The molecule has 0 aromatic heterocycles. The first kappa shape index (κ1) is 17.7. The number of hydrazone groups is 1. The Morgan fingerprint density at radius 3 is 2.25 bits per heavy atom. The maximum absolute atomic E-state index is 12.1. The maximum Gasteiger partial charge on any atom is 0.271 e. The van der Waals surface area contributed by atoms with Crippen molar-refractivity contribution in [1.29, 1.82) is 0 Å². The molecule has 24 heavy (non-hydrogen) atoms. The fourth-order valence-electron chi connectivity index (χ4n) is 1.81. The zero-order chi connectivity index (χ0) is 17.6. The lowest BCUT2D eigenvalue weighted by molar-refractivity contribution is 0.0954. The van der Waals surface area contributed by atoms with Gasteiger partial charge < -0.3 is 4.74 Å². The number of ether oxygens (including phenoxy) is 1. The van der Waals surface area contributed by atoms with Crippen molar-refractivity contribution in [2.75, 3.05) is 0 Å². The summed E-state index contributed by atoms with van der Waals surface area (Å²) >= 11 is 0. The quantitative estimate of drug-likeness (QED) is 0.654. The summed E-state index contributed by atoms with van der Waals surface area (Å²) in [7, 11) is 0. The van der Waals surface area contributed by atoms with Gasteiger partial charge in [-0.25, -0.2) is 5.43 Å². The molecule has 0 saturated carbocycles. The highest BCUT2D eigenvalue weighted by atomic mass is 16.5. The Kier molecular flexibility index (Phi) is 5.74. The van der Waals surface area contributed by atoms with E-state index in [-0.39, 0.29) is 11.3 Å². The number of benzene rings is 2. The van der Waals surface area contributed by atoms with Crippen LogP contribution in [0, 0.1) is 5.41 Å². The van der Waals surface area contributed by atoms with Gasteiger partial charge in [-0.1, -0.05) is 51.1 Å². The molecule has 1 amide bonds. The Hall–Kier alpha value is -2.62. The molecule has 4 nitrogen and oxygen atoms in total. The van der Waals surface area contributed by atoms with Gasteiger partial charge in [-0.2, -0.15) is 5.10 Å². The first-order valence-corrected chi connectivity index (χ1v) is 7.98. The summed E-state index contributed by atoms with van der Waals surface area (Å²) in [6.07, 6.45) is 0. The summed E-state index contributed by atoms with van der Waals surface area (Å²) in [5.74, 6) is 0.498. The van der Waals surface area contributed by atoms with Crippen LogP contribution in [0.5, 0.6) is 5.75 Å². The molecule has 0 atom stereocenters. The Labute approximate surface area is 143 Å². The van der Waals surface area contributed by atoms with E-state index < -0.39 is 0 Å². The zero-order valence-electron chi connectivity index (χ0n) is 14.7. The normalized spacial score (nSPS) is 11.9. The molecule has 126 valence electrons. The fraction of sp³-hybridized carbons (Fsp3) is 0.300. The zero-order valence-corrected chi connectivity index (χ0v) is 14.7. The van der Waals surface area contributed by atoms with Crippen molar-refractivity contribution in [1.82, 2.24) is 5.43 Å². The monoisotopic (exact) mass is 324 g/mol. The van der Waals surface area contributed by atoms with Gasteiger partial charge >= 0.3 is 0 Å². The SMILES string of the molecule is C/C(=N\NC(=O)c1ccc(OCc2ccccc2)cc1)C(C)(C)C. The van der Waals surface area contributed by atoms with Crippen LogP contribution in [0.4, 0.5) is 0 Å². The predicted octanol–water partition coefficient (Wildman–Crippen LogP) is 4.42. The smallest absolute Gasteiger partial charge is 0.271 e. The van der Waals surface area contributed by atoms with E-state index in [1.54, 1.807) is 24.3 Å². The average Bonchev–Trinajstić information content (AvgIpc) is 2.58. The molecule has 0 heterocycles. The summed E-state index contributed by atoms with van der Waals surface area (Å²) < 4.78 is 5.71. The second kappa shape index (κ2) is 7.77. The molecule has 2 aromatic carbocycles. The third kappa shape index (κ3) is 5.23. The third-order valence-corrected chi connectivity index (χ3v) is 3.78. The number of carbonyl (C=O) groups excluding carboxylic acids is 1. The van der Waals surface area contributed by atoms with Crippen molar-refractivity contribution >= 4 is 11.6 Å². The van der Waals surface area contributed by atoms with Crippen LogP contribution in [0.2, 0.25) is 0 Å². The molecule has 0 spiro atoms. The highest BCUT2D eigenvalue weighted by molar-refractivity contribution is 5.95. The second-order valence-electron chi connectivity index (χ2n) is 6.69. The van der Waals surface area contributed by atoms with Crippen LogP contribution >= 0.6 is 0 Å². The fourth-order valence-corrected chi connectivity index (χ4v) is 1.81. The molecule has 0 fully saturated rings. The number of hydrogen-bond donors (Lipinski definition) is 1. The van der Waals surface area contributed by atoms with Crippen LogP contribution in [0.1, 0.15) is 43.6 Å². The number of carbonyl (C=O) groups is 1. The number of amides is 1. The Morgan fingerprint density at radius 2 is 1.67 bits per heavy atom. The lowest BCUT2D eigenvalue weighted by Gasteiger charge is -2.17. The van der Waals surface area contributed by atoms with E-state index >= 15 is 0 Å². The lowest BCUT2D eigenvalue weighted by atomic mass is 9.91. The lowest BCUT2D eigenvalue weighted by Crippen LogP contribution is -2.24. The van der Waals surface area contributed by atoms with Gasteiger partial charge in [0.25, 0.3) is 5.91 Å². The molecule has 2 aromatic rings. The van der Waals surface area contributed by atoms with Crippen molar-refractivity contribution in [2.45, 2.75) is 34.3 Å². The Balaban J connectivity index is 1.93. The third-order valence-electron chi connectivity index (χ3n) is 3.78. The Morgan fingerprint density at radius 1 is 1.04 bits per heavy atom. The van der Waals surface area contributed by atoms with Gasteiger partial charge in [-0.3, -0.25) is 4.79 Å². The molecule has 4 heteroatoms. The summed E-state index contributed by atoms with van der Waals surface area (Å²) in [6.45, 7) is 8.56. The van der Waals surface area contributed by atoms with Crippen LogP contribution in [0.25, 0.3) is 0 Å². The second-order valence-corrected chi connectivity index (χ2v) is 6.69. The maximum atomic E-state index is 12.1. The van der Waals surface area contributed by atoms with Crippen LogP contribution < -0.4 is 10.2 Å². The molecule has 0 radical (unpaired) electrons. The van der Waals surface area contributed by atoms with Crippen LogP contribution in [0.3, 0.4) is 0 Å². The molecule has 0 bridgehead atoms. The largest absolute Gasteiger partial charge is 0.489 e. The minimum atomic E-state index is -0.229. The number of hydrogen-bond acceptors (Lipinski definition) is 3. The van der Waals surface area contributed by atoms with E-state index in [0.717, 1.165) is 17.0 Å². The van der Waals surface area contributed by atoms with E-state index in [0.29, 0.717) is 12.2 Å². The number of rotatable bonds is 5. The van der Waals surface area contributed by atoms with Crippen molar-refractivity contribution in [3.8, 4) is 5.75 Å². The van der Waals surface area contributed by atoms with Gasteiger partial charge in [0, 0.05) is 16.7 Å². The molecule has 0 unspecified atom stereocenters. The summed E-state index contributed by atoms with van der Waals surface area (Å²) in [6, 6.07) is 17.0. The van der Waals surface area contributed by atoms with E-state index in [4.69, 9.17) is 4.74 Å². The van der Waals surface area contributed by atoms with E-state index in [1.807, 2.05) is 37.3 Å². The van der Waals surface area contributed by atoms with Crippen molar-refractivity contribution < 1.29 is 9.53 Å². The van der Waals surface area contributed by atoms with Crippen LogP contribution in [-0.4, -0.2) is 11.6 Å². The van der Waals surface area contributed by atoms with E-state index in [9.17, 15) is 4.79 Å². The van der Waals surface area contributed by atoms with Gasteiger partial charge in [0.1, 0.15) is 12.4 Å². The van der Waals surface area contributed by atoms with E-state index in [1.165, 1.54) is 0 Å². The first-order valence-electron chi connectivity index (χ1n) is 7.98. The van der Waals surface area contributed by atoms with Gasteiger partial charge in [0.05, 0.1) is 0 Å². The minimum absolute atomic E-state index is 0.0670. The van der Waals surface area contributed by atoms with Gasteiger partial charge in [-0.05, 0) is 36.8 Å². The molecule has 2 rings (SSSR count). The first-order chi connectivity index (χ1) is 11.4. The Bertz CT molecular complexity index is 699. The summed E-state index contributed by atoms with van der Waals surface area (Å²) in [5, 5.41) is 4.16. The predicted molar refractivity (Wildman–Crippen MR) is 97.2 cm³/mol. The van der Waals surface area contributed by atoms with Crippen molar-refractivity contribution in [2.24, 2.45) is 10.5 Å². The molecular formula is C20H24N2O2. The highest BCUT2D eigenvalue weighted by Gasteiger charge is 2.15. The van der Waals surface area contributed by atoms with Crippen molar-refractivity contribution in [3.05, 3.63) is 65.7 Å². The molecular weight excluding hydrogens is 300 g/mol. The molecule has 0 aliphatic carbocycles. The van der Waals surface area contributed by atoms with Gasteiger partial charge in [0.2, 0.25) is 0 Å². The van der Waals surface area contributed by atoms with Gasteiger partial charge in [-0.15, -0.1) is 0 Å². The number of nitrogens with one attached hydrogen (secondary N) is 1. The molecule has 1 N–H and O–H groups in total. The van der Waals surface area contributed by atoms with Crippen LogP contribution in [-0.2, 0) is 6.61 Å². The molecule has 0 saturated heterocycles. The standard InChI is InChI=1S/C20H24N2O2/c1-15(20(2,3)4)21-22-19(23)17-10-12-18(13-11-17)24-14-16-8-6-5-7-9-16/h5-13H,14H2,1-4H3,(H,22,23)/b21-15+. The average molecular weight is 324 g/mol. The summed E-state index contributed by atoms with van der Waals surface area (Å²) in [4.78, 5) is 12.1. The minimum Gasteiger partial charge on any atom is -0.489 e. The highest BCUT2D eigenvalue weighted by Crippen LogP contribution is 2.16. The van der Waals surface area contributed by atoms with Crippen LogP contribution in [0.15, 0.2) is 59.7 Å². The molecule has 0 aliphatic rings. The summed E-state index contributed by atoms with van der Waals surface area (Å²) in [5.41, 5.74) is 5.05. The number of nitrogens with zero attached hydrogens (tertiary/aromatic N) is 1. The van der Waals surface area contributed by atoms with Crippen molar-refractivity contribution in [3.63, 3.8) is 0 Å².